The first-order valence-corrected chi connectivity index (χ1v) is 10.4. The number of hydrogen-bond acceptors (Lipinski definition) is 6. The Balaban J connectivity index is 1.35. The fourth-order valence-corrected chi connectivity index (χ4v) is 3.92. The second-order valence-corrected chi connectivity index (χ2v) is 7.67. The molecule has 1 heterocycles. The van der Waals surface area contributed by atoms with Crippen molar-refractivity contribution in [1.29, 1.82) is 0 Å². The van der Waals surface area contributed by atoms with Gasteiger partial charge in [-0.25, -0.2) is 9.78 Å². The van der Waals surface area contributed by atoms with Crippen LogP contribution >= 0.6 is 0 Å². The molecule has 0 radical (unpaired) electrons. The topological polar surface area (TPSA) is 122 Å². The number of benzene rings is 2. The summed E-state index contributed by atoms with van der Waals surface area (Å²) in [6.45, 7) is 0.102. The van der Waals surface area contributed by atoms with Crippen molar-refractivity contribution in [2.45, 2.75) is 18.9 Å². The molecule has 9 heteroatoms. The van der Waals surface area contributed by atoms with Crippen LogP contribution in [-0.4, -0.2) is 53.2 Å². The van der Waals surface area contributed by atoms with E-state index >= 15 is 0 Å². The number of amides is 2. The van der Waals surface area contributed by atoms with Gasteiger partial charge in [0.2, 0.25) is 0 Å². The highest BCUT2D eigenvalue weighted by molar-refractivity contribution is 5.93. The van der Waals surface area contributed by atoms with Crippen LogP contribution in [0.5, 0.6) is 0 Å². The maximum Gasteiger partial charge on any atom is 0.407 e. The number of nitrogens with zero attached hydrogens (tertiary/aromatic N) is 2. The van der Waals surface area contributed by atoms with Gasteiger partial charge in [0.25, 0.3) is 5.91 Å². The van der Waals surface area contributed by atoms with Crippen LogP contribution in [0.15, 0.2) is 59.3 Å². The molecular weight excluding hydrogens is 426 g/mol. The number of hydrogen-bond donors (Lipinski definition) is 2. The van der Waals surface area contributed by atoms with Crippen LogP contribution in [0.4, 0.5) is 4.79 Å². The molecule has 0 bridgehead atoms. The molecule has 1 aliphatic rings. The molecule has 0 saturated carbocycles. The minimum absolute atomic E-state index is 0.0156. The molecule has 2 amide bonds. The molecule has 3 aromatic rings. The van der Waals surface area contributed by atoms with E-state index in [2.05, 4.69) is 22.4 Å². The largest absolute Gasteiger partial charge is 0.481 e. The standard InChI is InChI=1S/C24H23N3O6/c1-27(11-10-21(28)29)23(30)22-20(33-14-26-22)12-25-24(31)32-13-19-17-8-4-2-6-15(17)16-7-3-5-9-18(16)19/h2-9,14,19H,10-13H2,1H3,(H,25,31)(H,28,29). The lowest BCUT2D eigenvalue weighted by atomic mass is 9.98. The lowest BCUT2D eigenvalue weighted by Gasteiger charge is -2.15. The van der Waals surface area contributed by atoms with Crippen LogP contribution in [0.2, 0.25) is 0 Å². The van der Waals surface area contributed by atoms with Crippen molar-refractivity contribution in [2.75, 3.05) is 20.2 Å². The Hall–Kier alpha value is -4.14. The number of aromatic nitrogens is 1. The number of carbonyl (C=O) groups is 3. The van der Waals surface area contributed by atoms with Gasteiger partial charge < -0.3 is 24.5 Å². The maximum absolute atomic E-state index is 12.5. The molecule has 170 valence electrons. The third kappa shape index (κ3) is 4.72. The number of aliphatic carboxylic acids is 1. The number of carboxylic acids is 1. The van der Waals surface area contributed by atoms with E-state index in [1.807, 2.05) is 36.4 Å². The van der Waals surface area contributed by atoms with E-state index in [0.717, 1.165) is 28.6 Å². The van der Waals surface area contributed by atoms with Crippen LogP contribution in [0.25, 0.3) is 11.1 Å². The Labute approximate surface area is 190 Å². The van der Waals surface area contributed by atoms with Crippen LogP contribution in [0, 0.1) is 0 Å². The van der Waals surface area contributed by atoms with Gasteiger partial charge in [-0.3, -0.25) is 9.59 Å². The van der Waals surface area contributed by atoms with Gasteiger partial charge in [-0.15, -0.1) is 0 Å². The first-order valence-electron chi connectivity index (χ1n) is 10.4. The fraction of sp³-hybridized carbons (Fsp3) is 0.250. The van der Waals surface area contributed by atoms with Crippen LogP contribution < -0.4 is 5.32 Å². The van der Waals surface area contributed by atoms with Crippen molar-refractivity contribution in [1.82, 2.24) is 15.2 Å². The summed E-state index contributed by atoms with van der Waals surface area (Å²) in [7, 11) is 1.47. The predicted molar refractivity (Wildman–Crippen MR) is 118 cm³/mol. The van der Waals surface area contributed by atoms with Gasteiger partial charge in [-0.05, 0) is 22.3 Å². The number of alkyl carbamates (subject to hydrolysis) is 1. The Kier molecular flexibility index (Phi) is 6.39. The summed E-state index contributed by atoms with van der Waals surface area (Å²) < 4.78 is 10.7. The smallest absolute Gasteiger partial charge is 0.407 e. The summed E-state index contributed by atoms with van der Waals surface area (Å²) in [6.07, 6.45) is 0.270. The lowest BCUT2D eigenvalue weighted by Crippen LogP contribution is -2.31. The van der Waals surface area contributed by atoms with E-state index < -0.39 is 18.0 Å². The zero-order valence-electron chi connectivity index (χ0n) is 18.0. The molecule has 33 heavy (non-hydrogen) atoms. The normalized spacial score (nSPS) is 12.0. The number of fused-ring (bicyclic) bond motifs is 3. The van der Waals surface area contributed by atoms with Gasteiger partial charge in [0.1, 0.15) is 6.61 Å². The summed E-state index contributed by atoms with van der Waals surface area (Å²) in [5, 5.41) is 11.4. The van der Waals surface area contributed by atoms with Crippen LogP contribution in [-0.2, 0) is 16.1 Å². The summed E-state index contributed by atoms with van der Waals surface area (Å²) >= 11 is 0. The molecule has 0 spiro atoms. The molecular formula is C24H23N3O6. The highest BCUT2D eigenvalue weighted by Gasteiger charge is 2.29. The van der Waals surface area contributed by atoms with E-state index in [1.54, 1.807) is 0 Å². The molecule has 2 aromatic carbocycles. The molecule has 9 nitrogen and oxygen atoms in total. The minimum atomic E-state index is -1.01. The van der Waals surface area contributed by atoms with E-state index in [9.17, 15) is 14.4 Å². The van der Waals surface area contributed by atoms with Crippen LogP contribution in [0.1, 0.15) is 39.7 Å². The maximum atomic E-state index is 12.5. The molecule has 0 fully saturated rings. The second kappa shape index (κ2) is 9.56. The monoisotopic (exact) mass is 449 g/mol. The van der Waals surface area contributed by atoms with Gasteiger partial charge in [0, 0.05) is 19.5 Å². The van der Waals surface area contributed by atoms with Gasteiger partial charge in [0.05, 0.1) is 13.0 Å². The van der Waals surface area contributed by atoms with Gasteiger partial charge in [0.15, 0.2) is 17.8 Å². The highest BCUT2D eigenvalue weighted by atomic mass is 16.5. The molecule has 1 aromatic heterocycles. The SMILES string of the molecule is CN(CCC(=O)O)C(=O)c1ncoc1CNC(=O)OCC1c2ccccc2-c2ccccc21. The third-order valence-corrected chi connectivity index (χ3v) is 5.59. The van der Waals surface area contributed by atoms with Crippen LogP contribution in [0.3, 0.4) is 0 Å². The van der Waals surface area contributed by atoms with E-state index in [-0.39, 0.29) is 43.5 Å². The summed E-state index contributed by atoms with van der Waals surface area (Å²) in [6, 6.07) is 16.1. The van der Waals surface area contributed by atoms with E-state index in [1.165, 1.54) is 11.9 Å². The first-order chi connectivity index (χ1) is 16.0. The molecule has 0 atom stereocenters. The van der Waals surface area contributed by atoms with Crippen molar-refractivity contribution >= 4 is 18.0 Å². The Bertz CT molecular complexity index is 1140. The molecule has 0 aliphatic heterocycles. The summed E-state index contributed by atoms with van der Waals surface area (Å²) in [5.41, 5.74) is 4.51. The highest BCUT2D eigenvalue weighted by Crippen LogP contribution is 2.44. The van der Waals surface area contributed by atoms with E-state index in [0.29, 0.717) is 0 Å². The zero-order chi connectivity index (χ0) is 23.4. The average molecular weight is 449 g/mol. The van der Waals surface area contributed by atoms with Crippen molar-refractivity contribution in [2.24, 2.45) is 0 Å². The predicted octanol–water partition coefficient (Wildman–Crippen LogP) is 3.26. The first kappa shape index (κ1) is 22.1. The number of rotatable bonds is 8. The Morgan fingerprint density at radius 2 is 1.73 bits per heavy atom. The number of oxazole rings is 1. The van der Waals surface area contributed by atoms with E-state index in [4.69, 9.17) is 14.3 Å². The number of carbonyl (C=O) groups excluding carboxylic acids is 2. The van der Waals surface area contributed by atoms with Gasteiger partial charge in [-0.1, -0.05) is 48.5 Å². The Morgan fingerprint density at radius 1 is 1.09 bits per heavy atom. The average Bonchev–Trinajstić information content (AvgIpc) is 3.42. The van der Waals surface area contributed by atoms with Crippen molar-refractivity contribution in [3.63, 3.8) is 0 Å². The van der Waals surface area contributed by atoms with Crippen molar-refractivity contribution < 1.29 is 28.6 Å². The summed E-state index contributed by atoms with van der Waals surface area (Å²) in [4.78, 5) is 40.7. The second-order valence-electron chi connectivity index (χ2n) is 7.67. The quantitative estimate of drug-likeness (QED) is 0.541. The van der Waals surface area contributed by atoms with Crippen molar-refractivity contribution in [3.8, 4) is 11.1 Å². The fourth-order valence-electron chi connectivity index (χ4n) is 3.92. The molecule has 1 aliphatic carbocycles. The van der Waals surface area contributed by atoms with Gasteiger partial charge in [-0.2, -0.15) is 0 Å². The molecule has 2 N–H and O–H groups in total. The number of carboxylic acid groups (broad SMARTS) is 1. The number of nitrogens with one attached hydrogen (secondary N) is 1. The number of ether oxygens (including phenoxy) is 1. The summed E-state index contributed by atoms with van der Waals surface area (Å²) in [5.74, 6) is -1.40. The molecule has 0 saturated heterocycles. The van der Waals surface area contributed by atoms with Gasteiger partial charge >= 0.3 is 12.1 Å². The molecule has 0 unspecified atom stereocenters. The van der Waals surface area contributed by atoms with Crippen molar-refractivity contribution in [3.05, 3.63) is 77.5 Å². The Morgan fingerprint density at radius 3 is 2.36 bits per heavy atom. The molecule has 4 rings (SSSR count). The third-order valence-electron chi connectivity index (χ3n) is 5.59. The zero-order valence-corrected chi connectivity index (χ0v) is 18.0. The lowest BCUT2D eigenvalue weighted by molar-refractivity contribution is -0.137. The minimum Gasteiger partial charge on any atom is -0.481 e.